The first-order valence-corrected chi connectivity index (χ1v) is 8.64. The average molecular weight is 374 g/mol. The molecule has 0 radical (unpaired) electrons. The first-order chi connectivity index (χ1) is 10.8. The molecule has 0 atom stereocenters. The van der Waals surface area contributed by atoms with Crippen molar-refractivity contribution in [1.82, 2.24) is 9.97 Å². The Kier molecular flexibility index (Phi) is 11.3. The van der Waals surface area contributed by atoms with Crippen LogP contribution in [0.1, 0.15) is 0 Å². The van der Waals surface area contributed by atoms with Crippen molar-refractivity contribution >= 4 is 33.5 Å². The molecule has 0 bridgehead atoms. The quantitative estimate of drug-likeness (QED) is 0.464. The molecule has 0 aliphatic carbocycles. The van der Waals surface area contributed by atoms with Crippen molar-refractivity contribution in [3.8, 4) is 5.75 Å². The lowest BCUT2D eigenvalue weighted by atomic mass is 10.6. The maximum absolute atomic E-state index is 10.6. The second-order valence-electron chi connectivity index (χ2n) is 3.61. The number of aliphatic carboxylic acids is 1. The van der Waals surface area contributed by atoms with Gasteiger partial charge in [0.05, 0.1) is 19.5 Å². The normalized spacial score (nSPS) is 10.5. The highest BCUT2D eigenvalue weighted by Gasteiger charge is 2.38. The van der Waals surface area contributed by atoms with Gasteiger partial charge < -0.3 is 20.9 Å². The SMILES string of the molecule is COc1cnc(NCCSSCCN)nc1.O=C(O)C(F)(F)F. The minimum absolute atomic E-state index is 0.630. The molecule has 23 heavy (non-hydrogen) atoms. The summed E-state index contributed by atoms with van der Waals surface area (Å²) >= 11 is 0. The van der Waals surface area contributed by atoms with Gasteiger partial charge in [-0.2, -0.15) is 13.2 Å². The third-order valence-corrected chi connectivity index (χ3v) is 4.30. The van der Waals surface area contributed by atoms with E-state index in [0.717, 1.165) is 24.6 Å². The van der Waals surface area contributed by atoms with E-state index >= 15 is 0 Å². The molecule has 1 rings (SSSR count). The summed E-state index contributed by atoms with van der Waals surface area (Å²) in [5.41, 5.74) is 5.38. The molecule has 7 nitrogen and oxygen atoms in total. The third-order valence-electron chi connectivity index (χ3n) is 1.86. The summed E-state index contributed by atoms with van der Waals surface area (Å²) in [5.74, 6) is 0.528. The second kappa shape index (κ2) is 12.1. The molecule has 0 amide bonds. The molecular formula is C11H17F3N4O3S2. The minimum atomic E-state index is -5.08. The predicted octanol–water partition coefficient (Wildman–Crippen LogP) is 1.87. The molecule has 0 aliphatic heterocycles. The zero-order valence-electron chi connectivity index (χ0n) is 12.2. The largest absolute Gasteiger partial charge is 0.494 e. The summed E-state index contributed by atoms with van der Waals surface area (Å²) in [7, 11) is 5.18. The van der Waals surface area contributed by atoms with Gasteiger partial charge in [-0.25, -0.2) is 14.8 Å². The van der Waals surface area contributed by atoms with Crippen molar-refractivity contribution in [3.05, 3.63) is 12.4 Å². The lowest BCUT2D eigenvalue weighted by Crippen LogP contribution is -2.21. The maximum Gasteiger partial charge on any atom is 0.490 e. The van der Waals surface area contributed by atoms with Crippen molar-refractivity contribution in [3.63, 3.8) is 0 Å². The van der Waals surface area contributed by atoms with Crippen LogP contribution < -0.4 is 15.8 Å². The van der Waals surface area contributed by atoms with Gasteiger partial charge in [0.1, 0.15) is 0 Å². The number of carboxylic acid groups (broad SMARTS) is 1. The number of nitrogens with zero attached hydrogens (tertiary/aromatic N) is 2. The van der Waals surface area contributed by atoms with Gasteiger partial charge in [0.15, 0.2) is 5.75 Å². The van der Waals surface area contributed by atoms with Crippen molar-refractivity contribution < 1.29 is 27.8 Å². The molecule has 0 unspecified atom stereocenters. The van der Waals surface area contributed by atoms with Crippen molar-refractivity contribution in [2.24, 2.45) is 5.73 Å². The van der Waals surface area contributed by atoms with Crippen LogP contribution >= 0.6 is 21.6 Å². The average Bonchev–Trinajstić information content (AvgIpc) is 2.51. The Hall–Kier alpha value is -1.40. The summed E-state index contributed by atoms with van der Waals surface area (Å²) in [6.07, 6.45) is -1.79. The molecule has 0 aromatic carbocycles. The molecular weight excluding hydrogens is 357 g/mol. The Labute approximate surface area is 139 Å². The fraction of sp³-hybridized carbons (Fsp3) is 0.545. The summed E-state index contributed by atoms with van der Waals surface area (Å²) in [4.78, 5) is 17.1. The molecule has 0 saturated carbocycles. The molecule has 1 heterocycles. The van der Waals surface area contributed by atoms with E-state index < -0.39 is 12.1 Å². The van der Waals surface area contributed by atoms with Crippen LogP contribution in [0.25, 0.3) is 0 Å². The van der Waals surface area contributed by atoms with Crippen molar-refractivity contribution in [2.45, 2.75) is 6.18 Å². The van der Waals surface area contributed by atoms with Crippen LogP contribution in [-0.4, -0.2) is 58.9 Å². The van der Waals surface area contributed by atoms with Gasteiger partial charge in [0.2, 0.25) is 5.95 Å². The maximum atomic E-state index is 10.6. The minimum Gasteiger partial charge on any atom is -0.494 e. The van der Waals surface area contributed by atoms with Crippen molar-refractivity contribution in [2.75, 3.05) is 37.0 Å². The smallest absolute Gasteiger partial charge is 0.490 e. The zero-order valence-corrected chi connectivity index (χ0v) is 13.8. The van der Waals surface area contributed by atoms with Crippen LogP contribution in [0.5, 0.6) is 5.75 Å². The van der Waals surface area contributed by atoms with Gasteiger partial charge in [-0.3, -0.25) is 0 Å². The molecule has 0 fully saturated rings. The molecule has 4 N–H and O–H groups in total. The zero-order chi connectivity index (χ0) is 17.7. The number of nitrogens with two attached hydrogens (primary N) is 1. The molecule has 12 heteroatoms. The molecule has 1 aromatic rings. The Morgan fingerprint density at radius 3 is 2.30 bits per heavy atom. The van der Waals surface area contributed by atoms with E-state index in [-0.39, 0.29) is 0 Å². The highest BCUT2D eigenvalue weighted by Crippen LogP contribution is 2.19. The van der Waals surface area contributed by atoms with Crippen molar-refractivity contribution in [1.29, 1.82) is 0 Å². The van der Waals surface area contributed by atoms with E-state index in [1.165, 1.54) is 0 Å². The number of nitrogens with one attached hydrogen (secondary N) is 1. The molecule has 0 saturated heterocycles. The summed E-state index contributed by atoms with van der Waals surface area (Å²) < 4.78 is 36.7. The number of aromatic nitrogens is 2. The summed E-state index contributed by atoms with van der Waals surface area (Å²) in [5, 5.41) is 10.3. The summed E-state index contributed by atoms with van der Waals surface area (Å²) in [6, 6.07) is 0. The van der Waals surface area contributed by atoms with Crippen LogP contribution in [0.15, 0.2) is 12.4 Å². The fourth-order valence-electron chi connectivity index (χ4n) is 0.883. The van der Waals surface area contributed by atoms with Gasteiger partial charge in [0, 0.05) is 24.6 Å². The van der Waals surface area contributed by atoms with E-state index in [0.29, 0.717) is 11.7 Å². The lowest BCUT2D eigenvalue weighted by Gasteiger charge is -2.04. The number of methoxy groups -OCH3 is 1. The van der Waals surface area contributed by atoms with Gasteiger partial charge in [-0.05, 0) is 0 Å². The number of halogens is 3. The Balaban J connectivity index is 0.000000585. The molecule has 0 spiro atoms. The van der Waals surface area contributed by atoms with Gasteiger partial charge in [0.25, 0.3) is 0 Å². The fourth-order valence-corrected chi connectivity index (χ4v) is 2.65. The van der Waals surface area contributed by atoms with Gasteiger partial charge >= 0.3 is 12.1 Å². The monoisotopic (exact) mass is 374 g/mol. The van der Waals surface area contributed by atoms with Crippen LogP contribution in [0.4, 0.5) is 19.1 Å². The van der Waals surface area contributed by atoms with E-state index in [9.17, 15) is 13.2 Å². The van der Waals surface area contributed by atoms with E-state index in [4.69, 9.17) is 20.4 Å². The van der Waals surface area contributed by atoms with Gasteiger partial charge in [-0.15, -0.1) is 0 Å². The number of carboxylic acids is 1. The second-order valence-corrected chi connectivity index (χ2v) is 6.31. The topological polar surface area (TPSA) is 110 Å². The summed E-state index contributed by atoms with van der Waals surface area (Å²) in [6.45, 7) is 1.57. The van der Waals surface area contributed by atoms with E-state index in [1.54, 1.807) is 41.1 Å². The number of hydrogen-bond acceptors (Lipinski definition) is 8. The first kappa shape index (κ1) is 21.6. The number of carbonyl (C=O) groups is 1. The molecule has 1 aromatic heterocycles. The highest BCUT2D eigenvalue weighted by atomic mass is 33.1. The lowest BCUT2D eigenvalue weighted by molar-refractivity contribution is -0.192. The number of ether oxygens (including phenoxy) is 1. The third kappa shape index (κ3) is 11.8. The molecule has 0 aliphatic rings. The van der Waals surface area contributed by atoms with Crippen LogP contribution in [0.2, 0.25) is 0 Å². The number of anilines is 1. The van der Waals surface area contributed by atoms with Crippen LogP contribution in [0, 0.1) is 0 Å². The number of hydrogen-bond donors (Lipinski definition) is 3. The number of rotatable bonds is 8. The first-order valence-electron chi connectivity index (χ1n) is 6.15. The predicted molar refractivity (Wildman–Crippen MR) is 84.7 cm³/mol. The van der Waals surface area contributed by atoms with Crippen LogP contribution in [-0.2, 0) is 4.79 Å². The number of alkyl halides is 3. The Morgan fingerprint density at radius 2 is 1.87 bits per heavy atom. The Morgan fingerprint density at radius 1 is 1.35 bits per heavy atom. The molecule has 132 valence electrons. The van der Waals surface area contributed by atoms with E-state index in [2.05, 4.69) is 15.3 Å². The standard InChI is InChI=1S/C9H16N4OS2.C2HF3O2/c1-14-8-6-12-9(13-7-8)11-3-5-16-15-4-2-10;3-2(4,5)1(6)7/h6-7H,2-5,10H2,1H3,(H,11,12,13);(H,6,7). The van der Waals surface area contributed by atoms with Crippen LogP contribution in [0.3, 0.4) is 0 Å². The van der Waals surface area contributed by atoms with E-state index in [1.807, 2.05) is 0 Å². The van der Waals surface area contributed by atoms with Gasteiger partial charge in [-0.1, -0.05) is 21.6 Å². The Bertz CT molecular complexity index is 449. The highest BCUT2D eigenvalue weighted by molar-refractivity contribution is 8.76.